The Morgan fingerprint density at radius 2 is 2.29 bits per heavy atom. The van der Waals surface area contributed by atoms with Crippen LogP contribution in [0.15, 0.2) is 11.8 Å². The van der Waals surface area contributed by atoms with Gasteiger partial charge in [-0.2, -0.15) is 0 Å². The number of rotatable bonds is 2. The quantitative estimate of drug-likeness (QED) is 0.501. The molecule has 0 rings (SSSR count). The molecule has 0 aromatic heterocycles. The molecule has 0 aliphatic heterocycles. The predicted molar refractivity (Wildman–Crippen MR) is 27.8 cm³/mol. The van der Waals surface area contributed by atoms with Crippen molar-refractivity contribution < 1.29 is 10.2 Å². The first-order valence-electron chi connectivity index (χ1n) is 2.09. The van der Waals surface area contributed by atoms with Crippen molar-refractivity contribution >= 4 is 0 Å². The molecular formula is C5H9O2. The van der Waals surface area contributed by atoms with Crippen LogP contribution in [0.1, 0.15) is 6.42 Å². The number of aliphatic hydroxyl groups is 2. The van der Waals surface area contributed by atoms with Crippen LogP contribution in [0.25, 0.3) is 0 Å². The van der Waals surface area contributed by atoms with E-state index in [1.165, 1.54) is 6.08 Å². The fourth-order valence-electron chi connectivity index (χ4n) is 0.231. The van der Waals surface area contributed by atoms with Crippen LogP contribution in [-0.4, -0.2) is 16.8 Å². The van der Waals surface area contributed by atoms with Crippen LogP contribution in [0.2, 0.25) is 0 Å². The maximum absolute atomic E-state index is 8.32. The molecule has 0 aliphatic carbocycles. The van der Waals surface area contributed by atoms with Crippen molar-refractivity contribution in [2.75, 3.05) is 6.61 Å². The Morgan fingerprint density at radius 1 is 1.71 bits per heavy atom. The van der Waals surface area contributed by atoms with Crippen molar-refractivity contribution in [3.8, 4) is 0 Å². The summed E-state index contributed by atoms with van der Waals surface area (Å²) in [6.45, 7) is 3.25. The van der Waals surface area contributed by atoms with Crippen LogP contribution < -0.4 is 0 Å². The molecule has 0 aliphatic rings. The van der Waals surface area contributed by atoms with E-state index in [4.69, 9.17) is 10.2 Å². The van der Waals surface area contributed by atoms with Gasteiger partial charge in [-0.15, -0.1) is 0 Å². The van der Waals surface area contributed by atoms with Gasteiger partial charge >= 0.3 is 0 Å². The van der Waals surface area contributed by atoms with Gasteiger partial charge in [-0.3, -0.25) is 0 Å². The van der Waals surface area contributed by atoms with E-state index in [1.54, 1.807) is 0 Å². The summed E-state index contributed by atoms with van der Waals surface area (Å²) in [5.41, 5.74) is 0. The average Bonchev–Trinajstić information content (AvgIpc) is 1.61. The van der Waals surface area contributed by atoms with E-state index in [2.05, 4.69) is 6.92 Å². The molecule has 0 aromatic rings. The monoisotopic (exact) mass is 101 g/mol. The van der Waals surface area contributed by atoms with E-state index in [0.29, 0.717) is 6.42 Å². The minimum absolute atomic E-state index is 0.0223. The number of hydrogen-bond donors (Lipinski definition) is 2. The summed E-state index contributed by atoms with van der Waals surface area (Å²) in [6, 6.07) is 0. The maximum atomic E-state index is 8.32. The van der Waals surface area contributed by atoms with Gasteiger partial charge in [0.25, 0.3) is 0 Å². The predicted octanol–water partition coefficient (Wildman–Crippen LogP) is 0.645. The summed E-state index contributed by atoms with van der Waals surface area (Å²) in [5, 5.41) is 16.5. The van der Waals surface area contributed by atoms with E-state index in [-0.39, 0.29) is 12.4 Å². The summed E-state index contributed by atoms with van der Waals surface area (Å²) in [6.07, 6.45) is 1.94. The number of allylic oxidation sites excluding steroid dienone is 1. The smallest absolute Gasteiger partial charge is 0.0888 e. The molecule has 0 bridgehead atoms. The Balaban J connectivity index is 3.08. The summed E-state index contributed by atoms with van der Waals surface area (Å²) in [7, 11) is 0. The highest BCUT2D eigenvalue weighted by atomic mass is 16.3. The zero-order chi connectivity index (χ0) is 5.70. The van der Waals surface area contributed by atoms with Crippen LogP contribution >= 0.6 is 0 Å². The summed E-state index contributed by atoms with van der Waals surface area (Å²) < 4.78 is 0. The van der Waals surface area contributed by atoms with Crippen molar-refractivity contribution in [1.82, 2.24) is 0 Å². The zero-order valence-corrected chi connectivity index (χ0v) is 4.09. The third kappa shape index (κ3) is 5.50. The SMILES string of the molecule is [CH2]C(O)=CCCO. The highest BCUT2D eigenvalue weighted by molar-refractivity contribution is 4.92. The number of hydrogen-bond acceptors (Lipinski definition) is 2. The number of aliphatic hydroxyl groups excluding tert-OH is 2. The van der Waals surface area contributed by atoms with Gasteiger partial charge in [-0.1, -0.05) is 0 Å². The van der Waals surface area contributed by atoms with Gasteiger partial charge in [0.05, 0.1) is 5.76 Å². The molecule has 0 amide bonds. The molecule has 2 N–H and O–H groups in total. The van der Waals surface area contributed by atoms with Crippen molar-refractivity contribution in [2.45, 2.75) is 6.42 Å². The first kappa shape index (κ1) is 6.50. The Bertz CT molecular complexity index is 62.5. The van der Waals surface area contributed by atoms with Gasteiger partial charge in [0.15, 0.2) is 0 Å². The van der Waals surface area contributed by atoms with Crippen molar-refractivity contribution in [3.05, 3.63) is 18.8 Å². The summed E-state index contributed by atoms with van der Waals surface area (Å²) in [4.78, 5) is 0. The second-order valence-corrected chi connectivity index (χ2v) is 1.21. The van der Waals surface area contributed by atoms with Crippen molar-refractivity contribution in [1.29, 1.82) is 0 Å². The molecule has 0 saturated carbocycles. The standard InChI is InChI=1S/C5H9O2/c1-5(7)3-2-4-6/h3,6-7H,1-2,4H2. The van der Waals surface area contributed by atoms with E-state index in [0.717, 1.165) is 0 Å². The molecule has 1 radical (unpaired) electrons. The average molecular weight is 101 g/mol. The third-order valence-electron chi connectivity index (χ3n) is 0.509. The zero-order valence-electron chi connectivity index (χ0n) is 4.09. The van der Waals surface area contributed by atoms with Gasteiger partial charge in [0.1, 0.15) is 0 Å². The Labute approximate surface area is 43.1 Å². The molecule has 7 heavy (non-hydrogen) atoms. The molecule has 0 fully saturated rings. The van der Waals surface area contributed by atoms with Gasteiger partial charge in [-0.25, -0.2) is 0 Å². The van der Waals surface area contributed by atoms with E-state index < -0.39 is 0 Å². The van der Waals surface area contributed by atoms with Gasteiger partial charge in [0.2, 0.25) is 0 Å². The molecule has 2 heteroatoms. The second kappa shape index (κ2) is 3.68. The van der Waals surface area contributed by atoms with Crippen molar-refractivity contribution in [2.24, 2.45) is 0 Å². The largest absolute Gasteiger partial charge is 0.513 e. The molecule has 41 valence electrons. The molecule has 2 nitrogen and oxygen atoms in total. The van der Waals surface area contributed by atoms with E-state index >= 15 is 0 Å². The fraction of sp³-hybridized carbons (Fsp3) is 0.400. The maximum Gasteiger partial charge on any atom is 0.0888 e. The molecular weight excluding hydrogens is 92.1 g/mol. The van der Waals surface area contributed by atoms with Gasteiger partial charge in [0, 0.05) is 13.5 Å². The molecule has 0 atom stereocenters. The lowest BCUT2D eigenvalue weighted by atomic mass is 10.4. The van der Waals surface area contributed by atoms with E-state index in [1.807, 2.05) is 0 Å². The van der Waals surface area contributed by atoms with Gasteiger partial charge in [-0.05, 0) is 12.5 Å². The highest BCUT2D eigenvalue weighted by Gasteiger charge is 1.76. The van der Waals surface area contributed by atoms with Gasteiger partial charge < -0.3 is 10.2 Å². The Kier molecular flexibility index (Phi) is 3.42. The summed E-state index contributed by atoms with van der Waals surface area (Å²) in [5.74, 6) is 0.0223. The normalized spacial score (nSPS) is 12.0. The summed E-state index contributed by atoms with van der Waals surface area (Å²) >= 11 is 0. The minimum Gasteiger partial charge on any atom is -0.513 e. The van der Waals surface area contributed by atoms with Crippen LogP contribution in [0.5, 0.6) is 0 Å². The molecule has 0 unspecified atom stereocenters. The fourth-order valence-corrected chi connectivity index (χ4v) is 0.231. The third-order valence-corrected chi connectivity index (χ3v) is 0.509. The molecule has 0 saturated heterocycles. The van der Waals surface area contributed by atoms with Crippen LogP contribution in [-0.2, 0) is 0 Å². The molecule has 0 aromatic carbocycles. The second-order valence-electron chi connectivity index (χ2n) is 1.21. The van der Waals surface area contributed by atoms with Crippen LogP contribution in [0.3, 0.4) is 0 Å². The van der Waals surface area contributed by atoms with Crippen LogP contribution in [0, 0.1) is 6.92 Å². The highest BCUT2D eigenvalue weighted by Crippen LogP contribution is 1.85. The first-order valence-corrected chi connectivity index (χ1v) is 2.09. The van der Waals surface area contributed by atoms with Crippen LogP contribution in [0.4, 0.5) is 0 Å². The van der Waals surface area contributed by atoms with E-state index in [9.17, 15) is 0 Å². The molecule has 0 heterocycles. The Morgan fingerprint density at radius 3 is 2.43 bits per heavy atom. The Hall–Kier alpha value is -0.500. The van der Waals surface area contributed by atoms with Crippen molar-refractivity contribution in [3.63, 3.8) is 0 Å². The first-order chi connectivity index (χ1) is 3.27. The lowest BCUT2D eigenvalue weighted by Crippen LogP contribution is -1.78. The lowest BCUT2D eigenvalue weighted by molar-refractivity contribution is 0.300. The molecule has 0 spiro atoms. The minimum atomic E-state index is 0.0223. The topological polar surface area (TPSA) is 40.5 Å². The lowest BCUT2D eigenvalue weighted by Gasteiger charge is -1.84.